The highest BCUT2D eigenvalue weighted by molar-refractivity contribution is 5.93. The average Bonchev–Trinajstić information content (AvgIpc) is 2.50. The van der Waals surface area contributed by atoms with Gasteiger partial charge in [-0.1, -0.05) is 6.92 Å². The van der Waals surface area contributed by atoms with Gasteiger partial charge in [-0.25, -0.2) is 13.6 Å². The zero-order chi connectivity index (χ0) is 12.3. The normalized spacial score (nSPS) is 10.8. The summed E-state index contributed by atoms with van der Waals surface area (Å²) in [6.45, 7) is 0.887. The molecule has 0 spiro atoms. The van der Waals surface area contributed by atoms with Crippen LogP contribution in [0.5, 0.6) is 0 Å². The molecule has 0 radical (unpaired) electrons. The Bertz CT molecular complexity index is 390. The molecule has 0 aliphatic heterocycles. The molecule has 0 atom stereocenters. The Hall–Kier alpha value is -1.66. The lowest BCUT2D eigenvalue weighted by atomic mass is 10.2. The number of carbonyl (C=O) groups excluding carboxylic acids is 1. The molecule has 0 amide bonds. The molecule has 7 heteroatoms. The van der Waals surface area contributed by atoms with Gasteiger partial charge in [0.2, 0.25) is 0 Å². The third kappa shape index (κ3) is 2.47. The van der Waals surface area contributed by atoms with Gasteiger partial charge in [-0.2, -0.15) is 5.10 Å². The molecule has 0 saturated carbocycles. The lowest BCUT2D eigenvalue weighted by molar-refractivity contribution is 0.0151. The van der Waals surface area contributed by atoms with Gasteiger partial charge in [0.1, 0.15) is 0 Å². The quantitative estimate of drug-likeness (QED) is 0.787. The first kappa shape index (κ1) is 12.4. The van der Waals surface area contributed by atoms with Crippen LogP contribution >= 0.6 is 0 Å². The van der Waals surface area contributed by atoms with E-state index in [1.807, 2.05) is 6.92 Å². The van der Waals surface area contributed by atoms with E-state index in [9.17, 15) is 13.6 Å². The predicted octanol–water partition coefficient (Wildman–Crippen LogP) is 0.987. The van der Waals surface area contributed by atoms with Gasteiger partial charge in [0.25, 0.3) is 6.43 Å². The molecule has 90 valence electrons. The van der Waals surface area contributed by atoms with Crippen LogP contribution in [0.1, 0.15) is 23.1 Å². The summed E-state index contributed by atoms with van der Waals surface area (Å²) in [6, 6.07) is 0. The third-order valence-corrected chi connectivity index (χ3v) is 2.03. The van der Waals surface area contributed by atoms with Gasteiger partial charge in [-0.3, -0.25) is 4.68 Å². The highest BCUT2D eigenvalue weighted by Gasteiger charge is 2.21. The van der Waals surface area contributed by atoms with Crippen molar-refractivity contribution in [1.82, 2.24) is 9.78 Å². The number of rotatable bonds is 4. The lowest BCUT2D eigenvalue weighted by Crippen LogP contribution is -2.16. The fraction of sp³-hybridized carbons (Fsp3) is 0.556. The fourth-order valence-electron chi connectivity index (χ4n) is 1.31. The van der Waals surface area contributed by atoms with E-state index in [-0.39, 0.29) is 11.4 Å². The number of ether oxygens (including phenoxy) is 1. The second kappa shape index (κ2) is 4.91. The average molecular weight is 233 g/mol. The number of aryl methyl sites for hydroxylation is 2. The molecule has 1 rings (SSSR count). The van der Waals surface area contributed by atoms with Gasteiger partial charge in [0.05, 0.1) is 11.4 Å². The van der Waals surface area contributed by atoms with Crippen molar-refractivity contribution in [3.63, 3.8) is 0 Å². The van der Waals surface area contributed by atoms with E-state index in [4.69, 9.17) is 5.73 Å². The van der Waals surface area contributed by atoms with Crippen LogP contribution < -0.4 is 5.73 Å². The van der Waals surface area contributed by atoms with Gasteiger partial charge < -0.3 is 10.5 Å². The summed E-state index contributed by atoms with van der Waals surface area (Å²) >= 11 is 0. The number of carbonyl (C=O) groups is 1. The predicted molar refractivity (Wildman–Crippen MR) is 53.3 cm³/mol. The van der Waals surface area contributed by atoms with Gasteiger partial charge in [0, 0.05) is 7.05 Å². The molecule has 0 unspecified atom stereocenters. The minimum atomic E-state index is -2.69. The summed E-state index contributed by atoms with van der Waals surface area (Å²) < 4.78 is 29.3. The molecular formula is C9H13F2N3O2. The summed E-state index contributed by atoms with van der Waals surface area (Å²) in [7, 11) is 1.51. The van der Waals surface area contributed by atoms with E-state index >= 15 is 0 Å². The number of hydrogen-bond acceptors (Lipinski definition) is 4. The zero-order valence-electron chi connectivity index (χ0n) is 9.04. The second-order valence-corrected chi connectivity index (χ2v) is 3.18. The number of aromatic nitrogens is 2. The monoisotopic (exact) mass is 233 g/mol. The molecule has 1 heterocycles. The van der Waals surface area contributed by atoms with E-state index in [1.165, 1.54) is 11.7 Å². The smallest absolute Gasteiger partial charge is 0.358 e. The number of nitrogens with two attached hydrogens (primary N) is 1. The summed E-state index contributed by atoms with van der Waals surface area (Å²) in [5.41, 5.74) is 6.39. The molecule has 1 aromatic rings. The first-order valence-electron chi connectivity index (χ1n) is 4.74. The molecule has 0 fully saturated rings. The van der Waals surface area contributed by atoms with Crippen LogP contribution in [0.3, 0.4) is 0 Å². The van der Waals surface area contributed by atoms with Crippen LogP contribution in [-0.2, 0) is 18.2 Å². The highest BCUT2D eigenvalue weighted by atomic mass is 19.3. The standard InChI is InChI=1S/C9H13F2N3O2/c1-3-5-7(12)8(14(2)13-5)9(15)16-4-6(10)11/h6H,3-4,12H2,1-2H3. The highest BCUT2D eigenvalue weighted by Crippen LogP contribution is 2.17. The van der Waals surface area contributed by atoms with Gasteiger partial charge in [-0.15, -0.1) is 0 Å². The molecule has 2 N–H and O–H groups in total. The molecule has 5 nitrogen and oxygen atoms in total. The Morgan fingerprint density at radius 1 is 1.62 bits per heavy atom. The van der Waals surface area contributed by atoms with Crippen molar-refractivity contribution in [3.8, 4) is 0 Å². The second-order valence-electron chi connectivity index (χ2n) is 3.18. The topological polar surface area (TPSA) is 70.1 Å². The lowest BCUT2D eigenvalue weighted by Gasteiger charge is -2.04. The first-order valence-corrected chi connectivity index (χ1v) is 4.74. The minimum absolute atomic E-state index is 0.0116. The van der Waals surface area contributed by atoms with Crippen molar-refractivity contribution in [3.05, 3.63) is 11.4 Å². The number of hydrogen-bond donors (Lipinski definition) is 1. The number of nitrogens with zero attached hydrogens (tertiary/aromatic N) is 2. The molecule has 0 aliphatic carbocycles. The summed E-state index contributed by atoms with van der Waals surface area (Å²) in [4.78, 5) is 11.4. The molecular weight excluding hydrogens is 220 g/mol. The van der Waals surface area contributed by atoms with E-state index in [1.54, 1.807) is 0 Å². The Morgan fingerprint density at radius 2 is 2.25 bits per heavy atom. The number of esters is 1. The summed E-state index contributed by atoms with van der Waals surface area (Å²) in [5, 5.41) is 3.98. The molecule has 1 aromatic heterocycles. The van der Waals surface area contributed by atoms with Crippen LogP contribution in [0.4, 0.5) is 14.5 Å². The maximum atomic E-state index is 11.9. The van der Waals surface area contributed by atoms with Crippen molar-refractivity contribution in [2.75, 3.05) is 12.3 Å². The maximum absolute atomic E-state index is 11.9. The third-order valence-electron chi connectivity index (χ3n) is 2.03. The number of nitrogen functional groups attached to an aromatic ring is 1. The molecule has 0 saturated heterocycles. The molecule has 0 aliphatic rings. The van der Waals surface area contributed by atoms with E-state index in [0.29, 0.717) is 12.1 Å². The largest absolute Gasteiger partial charge is 0.455 e. The van der Waals surface area contributed by atoms with Crippen LogP contribution in [0.25, 0.3) is 0 Å². The van der Waals surface area contributed by atoms with Crippen molar-refractivity contribution in [2.24, 2.45) is 7.05 Å². The van der Waals surface area contributed by atoms with E-state index in [0.717, 1.165) is 0 Å². The van der Waals surface area contributed by atoms with E-state index in [2.05, 4.69) is 9.84 Å². The number of halogens is 2. The SMILES string of the molecule is CCc1nn(C)c(C(=O)OCC(F)F)c1N. The molecule has 16 heavy (non-hydrogen) atoms. The van der Waals surface area contributed by atoms with Crippen LogP contribution in [0, 0.1) is 0 Å². The van der Waals surface area contributed by atoms with Gasteiger partial charge in [0.15, 0.2) is 12.3 Å². The number of anilines is 1. The number of alkyl halides is 2. The van der Waals surface area contributed by atoms with Crippen molar-refractivity contribution in [1.29, 1.82) is 0 Å². The Balaban J connectivity index is 2.86. The van der Waals surface area contributed by atoms with E-state index < -0.39 is 19.0 Å². The maximum Gasteiger partial charge on any atom is 0.358 e. The Morgan fingerprint density at radius 3 is 2.69 bits per heavy atom. The van der Waals surface area contributed by atoms with Gasteiger partial charge >= 0.3 is 5.97 Å². The van der Waals surface area contributed by atoms with Crippen LogP contribution in [0.15, 0.2) is 0 Å². The van der Waals surface area contributed by atoms with Crippen molar-refractivity contribution >= 4 is 11.7 Å². The molecule has 0 bridgehead atoms. The Labute approximate surface area is 91.2 Å². The van der Waals surface area contributed by atoms with Crippen molar-refractivity contribution in [2.45, 2.75) is 19.8 Å². The van der Waals surface area contributed by atoms with Crippen LogP contribution in [-0.4, -0.2) is 28.8 Å². The fourth-order valence-corrected chi connectivity index (χ4v) is 1.31. The zero-order valence-corrected chi connectivity index (χ0v) is 9.04. The molecule has 0 aromatic carbocycles. The summed E-state index contributed by atoms with van der Waals surface area (Å²) in [6.07, 6.45) is -2.13. The van der Waals surface area contributed by atoms with Crippen molar-refractivity contribution < 1.29 is 18.3 Å². The van der Waals surface area contributed by atoms with Gasteiger partial charge in [-0.05, 0) is 6.42 Å². The first-order chi connectivity index (χ1) is 7.47. The summed E-state index contributed by atoms with van der Waals surface area (Å²) in [5.74, 6) is -0.882. The minimum Gasteiger partial charge on any atom is -0.455 e. The van der Waals surface area contributed by atoms with Crippen LogP contribution in [0.2, 0.25) is 0 Å². The Kier molecular flexibility index (Phi) is 3.81.